The Kier molecular flexibility index (Phi) is 3.70. The van der Waals surface area contributed by atoms with Crippen LogP contribution in [0.1, 0.15) is 5.56 Å². The van der Waals surface area contributed by atoms with Gasteiger partial charge in [0.1, 0.15) is 5.82 Å². The monoisotopic (exact) mass is 318 g/mol. The molecule has 3 aromatic heterocycles. The van der Waals surface area contributed by atoms with Crippen LogP contribution in [0.3, 0.4) is 0 Å². The van der Waals surface area contributed by atoms with Gasteiger partial charge in [-0.25, -0.2) is 4.98 Å². The number of nitrogens with one attached hydrogen (secondary N) is 1. The standard InChI is InChI=1S/C18H14N4S/c1-2-9-19-16(8-1)15-7-4-10-20-18(15)21-11-13-5-3-6-14-12-22-23-17(13)14/h1-10,12H,11H2,(H,20,21). The van der Waals surface area contributed by atoms with Crippen LogP contribution in [0.4, 0.5) is 5.82 Å². The molecule has 0 saturated carbocycles. The first-order chi connectivity index (χ1) is 11.4. The van der Waals surface area contributed by atoms with E-state index in [0.717, 1.165) is 17.1 Å². The van der Waals surface area contributed by atoms with Crippen molar-refractivity contribution in [1.82, 2.24) is 14.3 Å². The maximum Gasteiger partial charge on any atom is 0.135 e. The third-order valence-corrected chi connectivity index (χ3v) is 4.55. The maximum absolute atomic E-state index is 4.47. The number of benzene rings is 1. The molecule has 1 aromatic carbocycles. The molecular weight excluding hydrogens is 304 g/mol. The molecule has 112 valence electrons. The Balaban J connectivity index is 1.64. The number of fused-ring (bicyclic) bond motifs is 1. The van der Waals surface area contributed by atoms with Gasteiger partial charge in [0.05, 0.1) is 10.4 Å². The molecule has 23 heavy (non-hydrogen) atoms. The molecule has 0 bridgehead atoms. The van der Waals surface area contributed by atoms with E-state index in [2.05, 4.69) is 37.9 Å². The minimum absolute atomic E-state index is 0.705. The second-order valence-electron chi connectivity index (χ2n) is 5.13. The van der Waals surface area contributed by atoms with Crippen molar-refractivity contribution in [3.63, 3.8) is 0 Å². The van der Waals surface area contributed by atoms with Gasteiger partial charge in [-0.3, -0.25) is 4.98 Å². The number of nitrogens with zero attached hydrogens (tertiary/aromatic N) is 3. The quantitative estimate of drug-likeness (QED) is 0.607. The average Bonchev–Trinajstić information content (AvgIpc) is 3.10. The van der Waals surface area contributed by atoms with Gasteiger partial charge in [0, 0.05) is 36.1 Å². The summed E-state index contributed by atoms with van der Waals surface area (Å²) in [6.07, 6.45) is 5.50. The lowest BCUT2D eigenvalue weighted by atomic mass is 10.1. The number of hydrogen-bond donors (Lipinski definition) is 1. The molecule has 4 rings (SSSR count). The summed E-state index contributed by atoms with van der Waals surface area (Å²) in [5.41, 5.74) is 3.14. The molecule has 5 heteroatoms. The summed E-state index contributed by atoms with van der Waals surface area (Å²) in [6.45, 7) is 0.705. The molecule has 0 radical (unpaired) electrons. The van der Waals surface area contributed by atoms with E-state index in [-0.39, 0.29) is 0 Å². The van der Waals surface area contributed by atoms with E-state index in [1.165, 1.54) is 27.2 Å². The Hall–Kier alpha value is -2.79. The maximum atomic E-state index is 4.47. The summed E-state index contributed by atoms with van der Waals surface area (Å²) in [7, 11) is 0. The molecule has 0 amide bonds. The minimum atomic E-state index is 0.705. The number of anilines is 1. The molecule has 0 fully saturated rings. The van der Waals surface area contributed by atoms with Gasteiger partial charge in [-0.2, -0.15) is 4.37 Å². The van der Waals surface area contributed by atoms with Crippen LogP contribution < -0.4 is 5.32 Å². The highest BCUT2D eigenvalue weighted by molar-refractivity contribution is 7.13. The van der Waals surface area contributed by atoms with E-state index in [1.807, 2.05) is 36.5 Å². The van der Waals surface area contributed by atoms with E-state index in [0.29, 0.717) is 6.54 Å². The second-order valence-corrected chi connectivity index (χ2v) is 5.93. The Bertz CT molecular complexity index is 934. The van der Waals surface area contributed by atoms with Gasteiger partial charge in [-0.15, -0.1) is 0 Å². The fraction of sp³-hybridized carbons (Fsp3) is 0.0556. The van der Waals surface area contributed by atoms with Crippen LogP contribution in [0.15, 0.2) is 67.1 Å². The predicted molar refractivity (Wildman–Crippen MR) is 94.4 cm³/mol. The highest BCUT2D eigenvalue weighted by Crippen LogP contribution is 2.26. The smallest absolute Gasteiger partial charge is 0.135 e. The van der Waals surface area contributed by atoms with Crippen LogP contribution >= 0.6 is 11.5 Å². The third-order valence-electron chi connectivity index (χ3n) is 3.66. The Morgan fingerprint density at radius 2 is 1.87 bits per heavy atom. The van der Waals surface area contributed by atoms with E-state index >= 15 is 0 Å². The van der Waals surface area contributed by atoms with Gasteiger partial charge >= 0.3 is 0 Å². The summed E-state index contributed by atoms with van der Waals surface area (Å²) in [5.74, 6) is 0.840. The van der Waals surface area contributed by atoms with Crippen LogP contribution in [0, 0.1) is 0 Å². The van der Waals surface area contributed by atoms with Crippen molar-refractivity contribution in [2.24, 2.45) is 0 Å². The summed E-state index contributed by atoms with van der Waals surface area (Å²) < 4.78 is 5.49. The predicted octanol–water partition coefficient (Wildman–Crippen LogP) is 4.37. The fourth-order valence-corrected chi connectivity index (χ4v) is 3.30. The lowest BCUT2D eigenvalue weighted by molar-refractivity contribution is 1.12. The van der Waals surface area contributed by atoms with Gasteiger partial charge in [0.25, 0.3) is 0 Å². The van der Waals surface area contributed by atoms with E-state index in [9.17, 15) is 0 Å². The van der Waals surface area contributed by atoms with Crippen LogP contribution in [-0.2, 0) is 6.54 Å². The molecule has 0 spiro atoms. The van der Waals surface area contributed by atoms with E-state index in [1.54, 1.807) is 12.4 Å². The van der Waals surface area contributed by atoms with Crippen molar-refractivity contribution in [3.05, 3.63) is 72.7 Å². The Morgan fingerprint density at radius 3 is 2.78 bits per heavy atom. The molecule has 1 N–H and O–H groups in total. The van der Waals surface area contributed by atoms with Crippen molar-refractivity contribution in [1.29, 1.82) is 0 Å². The van der Waals surface area contributed by atoms with Crippen molar-refractivity contribution >= 4 is 27.4 Å². The van der Waals surface area contributed by atoms with Gasteiger partial charge in [-0.1, -0.05) is 24.3 Å². The normalized spacial score (nSPS) is 10.8. The number of pyridine rings is 2. The molecule has 0 aliphatic carbocycles. The van der Waals surface area contributed by atoms with Crippen LogP contribution in [0.25, 0.3) is 21.3 Å². The number of hydrogen-bond acceptors (Lipinski definition) is 5. The van der Waals surface area contributed by atoms with E-state index < -0.39 is 0 Å². The zero-order valence-corrected chi connectivity index (χ0v) is 13.1. The van der Waals surface area contributed by atoms with Crippen LogP contribution in [0.2, 0.25) is 0 Å². The van der Waals surface area contributed by atoms with Crippen molar-refractivity contribution in [2.45, 2.75) is 6.54 Å². The Morgan fingerprint density at radius 1 is 0.913 bits per heavy atom. The summed E-state index contributed by atoms with van der Waals surface area (Å²) >= 11 is 1.53. The highest BCUT2D eigenvalue weighted by atomic mass is 32.1. The van der Waals surface area contributed by atoms with Gasteiger partial charge < -0.3 is 5.32 Å². The van der Waals surface area contributed by atoms with Gasteiger partial charge in [0.15, 0.2) is 0 Å². The molecule has 3 heterocycles. The first-order valence-electron chi connectivity index (χ1n) is 7.34. The number of rotatable bonds is 4. The lowest BCUT2D eigenvalue weighted by Crippen LogP contribution is -2.03. The SMILES string of the molecule is c1ccc(-c2cccnc2NCc2cccc3cnsc23)nc1. The molecule has 4 aromatic rings. The van der Waals surface area contributed by atoms with Gasteiger partial charge in [0.2, 0.25) is 0 Å². The summed E-state index contributed by atoms with van der Waals surface area (Å²) in [5, 5.41) is 4.62. The topological polar surface area (TPSA) is 50.7 Å². The van der Waals surface area contributed by atoms with Crippen molar-refractivity contribution in [2.75, 3.05) is 5.32 Å². The van der Waals surface area contributed by atoms with E-state index in [4.69, 9.17) is 0 Å². The zero-order valence-electron chi connectivity index (χ0n) is 12.3. The molecular formula is C18H14N4S. The van der Waals surface area contributed by atoms with Crippen LogP contribution in [-0.4, -0.2) is 14.3 Å². The second kappa shape index (κ2) is 6.14. The highest BCUT2D eigenvalue weighted by Gasteiger charge is 2.08. The Labute approximate surface area is 138 Å². The molecule has 0 atom stereocenters. The number of aromatic nitrogens is 3. The summed E-state index contributed by atoms with van der Waals surface area (Å²) in [6, 6.07) is 16.1. The lowest BCUT2D eigenvalue weighted by Gasteiger charge is -2.11. The van der Waals surface area contributed by atoms with Gasteiger partial charge in [-0.05, 0) is 41.4 Å². The molecule has 0 aliphatic heterocycles. The average molecular weight is 318 g/mol. The van der Waals surface area contributed by atoms with Crippen LogP contribution in [0.5, 0.6) is 0 Å². The first-order valence-corrected chi connectivity index (χ1v) is 8.12. The fourth-order valence-electron chi connectivity index (χ4n) is 2.55. The molecule has 0 aliphatic rings. The molecule has 4 nitrogen and oxygen atoms in total. The first kappa shape index (κ1) is 13.8. The third kappa shape index (κ3) is 2.78. The largest absolute Gasteiger partial charge is 0.365 e. The zero-order chi connectivity index (χ0) is 15.5. The molecule has 0 saturated heterocycles. The van der Waals surface area contributed by atoms with Crippen molar-refractivity contribution < 1.29 is 0 Å². The molecule has 0 unspecified atom stereocenters. The minimum Gasteiger partial charge on any atom is -0.365 e. The van der Waals surface area contributed by atoms with Crippen molar-refractivity contribution in [3.8, 4) is 11.3 Å². The summed E-state index contributed by atoms with van der Waals surface area (Å²) in [4.78, 5) is 8.89.